The smallest absolute Gasteiger partial charge is 0.169 e. The summed E-state index contributed by atoms with van der Waals surface area (Å²) in [5.41, 5.74) is 1.04. The van der Waals surface area contributed by atoms with Gasteiger partial charge in [0.25, 0.3) is 0 Å². The number of ether oxygens (including phenoxy) is 1. The van der Waals surface area contributed by atoms with Gasteiger partial charge in [-0.15, -0.1) is 0 Å². The van der Waals surface area contributed by atoms with Crippen LogP contribution in [-0.4, -0.2) is 14.2 Å². The topological polar surface area (TPSA) is 34.4 Å². The van der Waals surface area contributed by atoms with E-state index in [1.807, 2.05) is 37.4 Å². The van der Waals surface area contributed by atoms with Crippen LogP contribution in [0.4, 0.5) is 0 Å². The van der Waals surface area contributed by atoms with E-state index in [0.717, 1.165) is 28.2 Å². The lowest BCUT2D eigenvalue weighted by Crippen LogP contribution is -2.18. The maximum Gasteiger partial charge on any atom is 0.169 e. The first-order valence-electron chi connectivity index (χ1n) is 5.89. The molecule has 19 heavy (non-hydrogen) atoms. The van der Waals surface area contributed by atoms with Crippen molar-refractivity contribution in [3.63, 3.8) is 0 Å². The minimum absolute atomic E-state index is 0.0682. The molecule has 0 amide bonds. The number of benzene rings is 1. The second kappa shape index (κ2) is 6.46. The van der Waals surface area contributed by atoms with E-state index >= 15 is 0 Å². The maximum absolute atomic E-state index is 6.04. The standard InChI is InChI=1S/C14H15BrClNO2/c1-17-11(13-5-6-14(15)19-13)8-9-7-10(16)3-4-12(9)18-2/h3-7,11,17H,8H2,1-2H3. The summed E-state index contributed by atoms with van der Waals surface area (Å²) in [6.45, 7) is 0. The van der Waals surface area contributed by atoms with Crippen molar-refractivity contribution < 1.29 is 9.15 Å². The Morgan fingerprint density at radius 3 is 2.74 bits per heavy atom. The van der Waals surface area contributed by atoms with Crippen LogP contribution < -0.4 is 10.1 Å². The van der Waals surface area contributed by atoms with E-state index in [4.69, 9.17) is 20.8 Å². The highest BCUT2D eigenvalue weighted by Crippen LogP contribution is 2.29. The molecule has 0 saturated carbocycles. The monoisotopic (exact) mass is 343 g/mol. The summed E-state index contributed by atoms with van der Waals surface area (Å²) >= 11 is 9.36. The van der Waals surface area contributed by atoms with Crippen molar-refractivity contribution >= 4 is 27.5 Å². The molecule has 0 spiro atoms. The van der Waals surface area contributed by atoms with Gasteiger partial charge in [-0.2, -0.15) is 0 Å². The van der Waals surface area contributed by atoms with E-state index < -0.39 is 0 Å². The number of hydrogen-bond acceptors (Lipinski definition) is 3. The van der Waals surface area contributed by atoms with Crippen molar-refractivity contribution in [1.29, 1.82) is 0 Å². The average molecular weight is 345 g/mol. The SMILES string of the molecule is CNC(Cc1cc(Cl)ccc1OC)c1ccc(Br)o1. The van der Waals surface area contributed by atoms with E-state index in [1.165, 1.54) is 0 Å². The van der Waals surface area contributed by atoms with Crippen LogP contribution in [0.1, 0.15) is 17.4 Å². The molecule has 1 aromatic carbocycles. The van der Waals surface area contributed by atoms with Crippen LogP contribution in [0.15, 0.2) is 39.4 Å². The molecule has 0 aliphatic carbocycles. The van der Waals surface area contributed by atoms with Crippen LogP contribution in [0.5, 0.6) is 5.75 Å². The summed E-state index contributed by atoms with van der Waals surface area (Å²) in [6.07, 6.45) is 0.736. The van der Waals surface area contributed by atoms with Crippen molar-refractivity contribution in [2.24, 2.45) is 0 Å². The molecule has 0 bridgehead atoms. The molecular weight excluding hydrogens is 330 g/mol. The van der Waals surface area contributed by atoms with E-state index in [2.05, 4.69) is 21.2 Å². The molecule has 3 nitrogen and oxygen atoms in total. The number of hydrogen-bond donors (Lipinski definition) is 1. The largest absolute Gasteiger partial charge is 0.496 e. The number of halogens is 2. The van der Waals surface area contributed by atoms with Crippen LogP contribution in [0.3, 0.4) is 0 Å². The number of likely N-dealkylation sites (N-methyl/N-ethyl adjacent to an activating group) is 1. The molecule has 102 valence electrons. The number of nitrogens with one attached hydrogen (secondary N) is 1. The minimum Gasteiger partial charge on any atom is -0.496 e. The average Bonchev–Trinajstić information content (AvgIpc) is 2.82. The van der Waals surface area contributed by atoms with Gasteiger partial charge in [0, 0.05) is 5.02 Å². The zero-order valence-electron chi connectivity index (χ0n) is 10.7. The first kappa shape index (κ1) is 14.4. The molecule has 5 heteroatoms. The van der Waals surface area contributed by atoms with Crippen molar-refractivity contribution in [1.82, 2.24) is 5.32 Å². The first-order chi connectivity index (χ1) is 9.13. The van der Waals surface area contributed by atoms with Crippen LogP contribution >= 0.6 is 27.5 Å². The fourth-order valence-electron chi connectivity index (χ4n) is 1.99. The molecule has 0 aliphatic heterocycles. The molecule has 1 unspecified atom stereocenters. The second-order valence-electron chi connectivity index (χ2n) is 4.14. The van der Waals surface area contributed by atoms with E-state index in [1.54, 1.807) is 7.11 Å². The predicted octanol–water partition coefficient (Wildman–Crippen LogP) is 4.21. The number of furan rings is 1. The van der Waals surface area contributed by atoms with Gasteiger partial charge in [0.2, 0.25) is 0 Å². The van der Waals surface area contributed by atoms with E-state index in [0.29, 0.717) is 5.02 Å². The second-order valence-corrected chi connectivity index (χ2v) is 5.36. The molecule has 1 N–H and O–H groups in total. The highest BCUT2D eigenvalue weighted by molar-refractivity contribution is 9.10. The Morgan fingerprint density at radius 1 is 1.37 bits per heavy atom. The van der Waals surface area contributed by atoms with E-state index in [9.17, 15) is 0 Å². The van der Waals surface area contributed by atoms with Crippen molar-refractivity contribution in [2.75, 3.05) is 14.2 Å². The highest BCUT2D eigenvalue weighted by Gasteiger charge is 2.16. The Morgan fingerprint density at radius 2 is 2.16 bits per heavy atom. The fraction of sp³-hybridized carbons (Fsp3) is 0.286. The van der Waals surface area contributed by atoms with Gasteiger partial charge in [-0.3, -0.25) is 0 Å². The highest BCUT2D eigenvalue weighted by atomic mass is 79.9. The summed E-state index contributed by atoms with van der Waals surface area (Å²) in [5.74, 6) is 1.70. The fourth-order valence-corrected chi connectivity index (χ4v) is 2.50. The Labute approximate surface area is 126 Å². The quantitative estimate of drug-likeness (QED) is 0.882. The van der Waals surface area contributed by atoms with Gasteiger partial charge in [-0.05, 0) is 65.3 Å². The summed E-state index contributed by atoms with van der Waals surface area (Å²) in [6, 6.07) is 9.52. The van der Waals surface area contributed by atoms with Crippen molar-refractivity contribution in [3.8, 4) is 5.75 Å². The molecule has 1 heterocycles. The molecule has 0 aliphatic rings. The zero-order valence-corrected chi connectivity index (χ0v) is 13.1. The molecule has 1 aromatic heterocycles. The molecule has 0 fully saturated rings. The lowest BCUT2D eigenvalue weighted by atomic mass is 10.0. The first-order valence-corrected chi connectivity index (χ1v) is 7.06. The third-order valence-electron chi connectivity index (χ3n) is 2.95. The van der Waals surface area contributed by atoms with Crippen LogP contribution in [0.25, 0.3) is 0 Å². The normalized spacial score (nSPS) is 12.4. The van der Waals surface area contributed by atoms with Crippen molar-refractivity contribution in [2.45, 2.75) is 12.5 Å². The summed E-state index contributed by atoms with van der Waals surface area (Å²) < 4.78 is 11.7. The number of methoxy groups -OCH3 is 1. The molecule has 0 saturated heterocycles. The summed E-state index contributed by atoms with van der Waals surface area (Å²) in [7, 11) is 3.56. The van der Waals surface area contributed by atoms with Gasteiger partial charge < -0.3 is 14.5 Å². The zero-order chi connectivity index (χ0) is 13.8. The Balaban J connectivity index is 2.25. The van der Waals surface area contributed by atoms with Crippen LogP contribution in [-0.2, 0) is 6.42 Å². The molecule has 2 aromatic rings. The summed E-state index contributed by atoms with van der Waals surface area (Å²) in [4.78, 5) is 0. The van der Waals surface area contributed by atoms with Crippen LogP contribution in [0.2, 0.25) is 5.02 Å². The molecule has 2 rings (SSSR count). The third-order valence-corrected chi connectivity index (χ3v) is 3.61. The summed E-state index contributed by atoms with van der Waals surface area (Å²) in [5, 5.41) is 3.94. The Hall–Kier alpha value is -0.970. The molecular formula is C14H15BrClNO2. The molecule has 1 atom stereocenters. The maximum atomic E-state index is 6.04. The van der Waals surface area contributed by atoms with Crippen molar-refractivity contribution in [3.05, 3.63) is 51.3 Å². The van der Waals surface area contributed by atoms with Gasteiger partial charge in [0.15, 0.2) is 4.67 Å². The molecule has 0 radical (unpaired) electrons. The lowest BCUT2D eigenvalue weighted by molar-refractivity contribution is 0.393. The Bertz CT molecular complexity index is 556. The van der Waals surface area contributed by atoms with Gasteiger partial charge in [-0.1, -0.05) is 11.6 Å². The van der Waals surface area contributed by atoms with Gasteiger partial charge in [-0.25, -0.2) is 0 Å². The van der Waals surface area contributed by atoms with Gasteiger partial charge >= 0.3 is 0 Å². The predicted molar refractivity (Wildman–Crippen MR) is 79.9 cm³/mol. The van der Waals surface area contributed by atoms with Crippen LogP contribution in [0, 0.1) is 0 Å². The number of rotatable bonds is 5. The van der Waals surface area contributed by atoms with Gasteiger partial charge in [0.1, 0.15) is 11.5 Å². The lowest BCUT2D eigenvalue weighted by Gasteiger charge is -2.16. The third kappa shape index (κ3) is 3.53. The Kier molecular flexibility index (Phi) is 4.91. The minimum atomic E-state index is 0.0682. The van der Waals surface area contributed by atoms with E-state index in [-0.39, 0.29) is 6.04 Å². The van der Waals surface area contributed by atoms with Gasteiger partial charge in [0.05, 0.1) is 13.2 Å².